The van der Waals surface area contributed by atoms with Gasteiger partial charge in [0.25, 0.3) is 0 Å². The fourth-order valence-electron chi connectivity index (χ4n) is 5.81. The highest BCUT2D eigenvalue weighted by atomic mass is 35.5. The summed E-state index contributed by atoms with van der Waals surface area (Å²) in [5, 5.41) is 4.74. The summed E-state index contributed by atoms with van der Waals surface area (Å²) in [5.74, 6) is 0. The summed E-state index contributed by atoms with van der Waals surface area (Å²) in [4.78, 5) is 7.08. The Morgan fingerprint density at radius 1 is 0.947 bits per heavy atom. The number of anilines is 2. The van der Waals surface area contributed by atoms with E-state index in [-0.39, 0.29) is 11.6 Å². The van der Waals surface area contributed by atoms with Crippen LogP contribution in [0.15, 0.2) is 48.7 Å². The second-order valence-corrected chi connectivity index (χ2v) is 11.1. The lowest BCUT2D eigenvalue weighted by molar-refractivity contribution is -0.145. The van der Waals surface area contributed by atoms with Gasteiger partial charge in [-0.05, 0) is 69.0 Å². The van der Waals surface area contributed by atoms with E-state index in [1.807, 2.05) is 18.2 Å². The Hall–Kier alpha value is -2.71. The molecule has 0 N–H and O–H groups in total. The number of aryl methyl sites for hydroxylation is 1. The third-order valence-corrected chi connectivity index (χ3v) is 8.11. The number of benzene rings is 2. The first-order chi connectivity index (χ1) is 18.1. The predicted molar refractivity (Wildman–Crippen MR) is 148 cm³/mol. The Morgan fingerprint density at radius 2 is 1.66 bits per heavy atom. The van der Waals surface area contributed by atoms with Gasteiger partial charge in [0.05, 0.1) is 12.2 Å². The van der Waals surface area contributed by atoms with E-state index >= 15 is 0 Å². The van der Waals surface area contributed by atoms with Crippen LogP contribution in [0.2, 0.25) is 5.02 Å². The zero-order valence-corrected chi connectivity index (χ0v) is 22.9. The molecule has 2 saturated heterocycles. The maximum absolute atomic E-state index is 13.8. The van der Waals surface area contributed by atoms with Crippen LogP contribution < -0.4 is 9.80 Å². The molecule has 2 aliphatic rings. The normalized spacial score (nSPS) is 19.4. The fourth-order valence-corrected chi connectivity index (χ4v) is 5.98. The number of piperidine rings is 1. The van der Waals surface area contributed by atoms with E-state index in [4.69, 9.17) is 11.6 Å². The molecule has 0 aliphatic carbocycles. The summed E-state index contributed by atoms with van der Waals surface area (Å²) < 4.78 is 42.5. The molecule has 1 unspecified atom stereocenters. The zero-order chi connectivity index (χ0) is 27.0. The Kier molecular flexibility index (Phi) is 7.65. The standard InChI is InChI=1S/C29H35ClF3N5/c1-20(2)35-13-15-36(16-14-35)24-9-6-22(7-10-24)26-11-8-23(30)17-27(26)37-12-4-5-25(19-37)38-28(29(31,32)33)21(3)18-34-38/h6-11,17-18,20,25H,4-5,12-16,19H2,1-3H3. The molecule has 3 aromatic rings. The highest BCUT2D eigenvalue weighted by molar-refractivity contribution is 6.31. The number of hydrogen-bond donors (Lipinski definition) is 0. The minimum atomic E-state index is -4.44. The van der Waals surface area contributed by atoms with Crippen molar-refractivity contribution in [3.8, 4) is 11.1 Å². The molecule has 9 heteroatoms. The zero-order valence-electron chi connectivity index (χ0n) is 22.2. The average molecular weight is 546 g/mol. The van der Waals surface area contributed by atoms with E-state index in [0.717, 1.165) is 56.0 Å². The molecule has 0 amide bonds. The van der Waals surface area contributed by atoms with Crippen LogP contribution in [0.4, 0.5) is 24.5 Å². The Balaban J connectivity index is 1.38. The van der Waals surface area contributed by atoms with Crippen LogP contribution in [0.5, 0.6) is 0 Å². The molecule has 2 fully saturated rings. The van der Waals surface area contributed by atoms with E-state index in [0.29, 0.717) is 24.0 Å². The number of rotatable bonds is 5. The molecular weight excluding hydrogens is 511 g/mol. The van der Waals surface area contributed by atoms with Gasteiger partial charge in [0.1, 0.15) is 5.69 Å². The first kappa shape index (κ1) is 26.9. The first-order valence-corrected chi connectivity index (χ1v) is 13.7. The lowest BCUT2D eigenvalue weighted by Crippen LogP contribution is -2.48. The van der Waals surface area contributed by atoms with Crippen molar-refractivity contribution in [2.75, 3.05) is 49.1 Å². The van der Waals surface area contributed by atoms with Crippen LogP contribution in [0.1, 0.15) is 44.0 Å². The molecule has 38 heavy (non-hydrogen) atoms. The van der Waals surface area contributed by atoms with Crippen molar-refractivity contribution in [1.29, 1.82) is 0 Å². The molecule has 0 bridgehead atoms. The third kappa shape index (κ3) is 5.52. The van der Waals surface area contributed by atoms with Crippen LogP contribution in [0.3, 0.4) is 0 Å². The lowest BCUT2D eigenvalue weighted by atomic mass is 9.99. The fraction of sp³-hybridized carbons (Fsp3) is 0.483. The maximum atomic E-state index is 13.8. The van der Waals surface area contributed by atoms with Crippen molar-refractivity contribution in [3.05, 3.63) is 64.9 Å². The van der Waals surface area contributed by atoms with Crippen molar-refractivity contribution in [2.24, 2.45) is 0 Å². The molecule has 2 aromatic carbocycles. The van der Waals surface area contributed by atoms with E-state index in [9.17, 15) is 13.2 Å². The molecule has 3 heterocycles. The molecular formula is C29H35ClF3N5. The molecule has 2 aliphatic heterocycles. The van der Waals surface area contributed by atoms with Crippen molar-refractivity contribution in [2.45, 2.75) is 51.9 Å². The Morgan fingerprint density at radius 3 is 2.32 bits per heavy atom. The van der Waals surface area contributed by atoms with Crippen molar-refractivity contribution < 1.29 is 13.2 Å². The lowest BCUT2D eigenvalue weighted by Gasteiger charge is -2.38. The van der Waals surface area contributed by atoms with Crippen molar-refractivity contribution in [3.63, 3.8) is 0 Å². The molecule has 204 valence electrons. The minimum absolute atomic E-state index is 0.156. The molecule has 0 saturated carbocycles. The number of hydrogen-bond acceptors (Lipinski definition) is 4. The number of nitrogens with zero attached hydrogens (tertiary/aromatic N) is 5. The van der Waals surface area contributed by atoms with Gasteiger partial charge >= 0.3 is 6.18 Å². The summed E-state index contributed by atoms with van der Waals surface area (Å²) in [7, 11) is 0. The molecule has 1 atom stereocenters. The molecule has 5 nitrogen and oxygen atoms in total. The van der Waals surface area contributed by atoms with E-state index in [1.54, 1.807) is 0 Å². The van der Waals surface area contributed by atoms with Crippen LogP contribution in [0.25, 0.3) is 11.1 Å². The quantitative estimate of drug-likeness (QED) is 0.348. The summed E-state index contributed by atoms with van der Waals surface area (Å²) in [6.45, 7) is 11.3. The third-order valence-electron chi connectivity index (χ3n) is 7.88. The molecule has 5 rings (SSSR count). The molecule has 1 aromatic heterocycles. The van der Waals surface area contributed by atoms with Crippen LogP contribution >= 0.6 is 11.6 Å². The van der Waals surface area contributed by atoms with Gasteiger partial charge in [-0.15, -0.1) is 0 Å². The van der Waals surface area contributed by atoms with Crippen molar-refractivity contribution >= 4 is 23.0 Å². The Bertz CT molecular complexity index is 1250. The van der Waals surface area contributed by atoms with Crippen LogP contribution in [-0.4, -0.2) is 60.0 Å². The van der Waals surface area contributed by atoms with Gasteiger partial charge in [-0.2, -0.15) is 18.3 Å². The SMILES string of the molecule is Cc1cnn(C2CCCN(c3cc(Cl)ccc3-c3ccc(N4CCN(C(C)C)CC4)cc3)C2)c1C(F)(F)F. The van der Waals surface area contributed by atoms with Crippen LogP contribution in [0, 0.1) is 6.92 Å². The second kappa shape index (κ2) is 10.8. The smallest absolute Gasteiger partial charge is 0.369 e. The first-order valence-electron chi connectivity index (χ1n) is 13.4. The summed E-state index contributed by atoms with van der Waals surface area (Å²) in [6, 6.07) is 14.6. The van der Waals surface area contributed by atoms with Gasteiger partial charge in [0, 0.05) is 67.3 Å². The monoisotopic (exact) mass is 545 g/mol. The number of aromatic nitrogens is 2. The summed E-state index contributed by atoms with van der Waals surface area (Å²) in [6.07, 6.45) is -1.70. The van der Waals surface area contributed by atoms with Crippen LogP contribution in [-0.2, 0) is 6.18 Å². The van der Waals surface area contributed by atoms with E-state index < -0.39 is 11.9 Å². The van der Waals surface area contributed by atoms with Gasteiger partial charge in [0.15, 0.2) is 0 Å². The van der Waals surface area contributed by atoms with Gasteiger partial charge < -0.3 is 9.80 Å². The largest absolute Gasteiger partial charge is 0.433 e. The minimum Gasteiger partial charge on any atom is -0.369 e. The second-order valence-electron chi connectivity index (χ2n) is 10.7. The van der Waals surface area contributed by atoms with Gasteiger partial charge in [-0.3, -0.25) is 9.58 Å². The Labute approximate surface area is 227 Å². The number of piperazine rings is 1. The highest BCUT2D eigenvalue weighted by Crippen LogP contribution is 2.39. The van der Waals surface area contributed by atoms with E-state index in [1.165, 1.54) is 23.5 Å². The average Bonchev–Trinajstić information content (AvgIpc) is 3.31. The van der Waals surface area contributed by atoms with Gasteiger partial charge in [-0.1, -0.05) is 29.8 Å². The van der Waals surface area contributed by atoms with Crippen molar-refractivity contribution in [1.82, 2.24) is 14.7 Å². The van der Waals surface area contributed by atoms with E-state index in [2.05, 4.69) is 57.9 Å². The van der Waals surface area contributed by atoms with Gasteiger partial charge in [0.2, 0.25) is 0 Å². The predicted octanol–water partition coefficient (Wildman–Crippen LogP) is 6.90. The highest BCUT2D eigenvalue weighted by Gasteiger charge is 2.39. The van der Waals surface area contributed by atoms with Gasteiger partial charge in [-0.25, -0.2) is 0 Å². The number of alkyl halides is 3. The topological polar surface area (TPSA) is 27.5 Å². The number of halogens is 4. The summed E-state index contributed by atoms with van der Waals surface area (Å²) >= 11 is 6.42. The summed E-state index contributed by atoms with van der Waals surface area (Å²) in [5.41, 5.74) is 3.75. The maximum Gasteiger partial charge on any atom is 0.433 e. The molecule has 0 spiro atoms. The molecule has 0 radical (unpaired) electrons.